The third-order valence-corrected chi connectivity index (χ3v) is 3.80. The number of hydrazone groups is 1. The number of rotatable bonds is 5. The monoisotopic (exact) mass is 362 g/mol. The number of carbonyl (C=O) groups is 1. The number of hydrogen-bond donors (Lipinski definition) is 1. The van der Waals surface area contributed by atoms with E-state index in [1.54, 1.807) is 0 Å². The Balaban J connectivity index is 1.86. The molecule has 0 saturated carbocycles. The Morgan fingerprint density at radius 2 is 1.92 bits per heavy atom. The molecular formula is C19H20ClFN2O2. The first-order valence-electron chi connectivity index (χ1n) is 7.76. The molecule has 2 aromatic rings. The number of nitrogens with one attached hydrogen (secondary N) is 1. The third-order valence-electron chi connectivity index (χ3n) is 3.47. The molecule has 0 atom stereocenters. The number of halogens is 2. The van der Waals surface area contributed by atoms with E-state index >= 15 is 0 Å². The van der Waals surface area contributed by atoms with Crippen LogP contribution >= 0.6 is 11.6 Å². The molecule has 0 heterocycles. The summed E-state index contributed by atoms with van der Waals surface area (Å²) in [4.78, 5) is 11.7. The molecule has 25 heavy (non-hydrogen) atoms. The minimum Gasteiger partial charge on any atom is -0.484 e. The zero-order valence-corrected chi connectivity index (χ0v) is 15.1. The fourth-order valence-corrected chi connectivity index (χ4v) is 2.25. The lowest BCUT2D eigenvalue weighted by Crippen LogP contribution is -2.24. The minimum absolute atomic E-state index is 0.0542. The van der Waals surface area contributed by atoms with Crippen LogP contribution in [0.1, 0.15) is 31.9 Å². The first kappa shape index (κ1) is 18.9. The maximum Gasteiger partial charge on any atom is 0.277 e. The topological polar surface area (TPSA) is 50.7 Å². The van der Waals surface area contributed by atoms with Crippen molar-refractivity contribution in [3.63, 3.8) is 0 Å². The summed E-state index contributed by atoms with van der Waals surface area (Å²) in [5.41, 5.74) is 3.62. The Hall–Kier alpha value is -2.40. The summed E-state index contributed by atoms with van der Waals surface area (Å²) in [6.07, 6.45) is 1.16. The largest absolute Gasteiger partial charge is 0.484 e. The van der Waals surface area contributed by atoms with E-state index in [4.69, 9.17) is 16.3 Å². The lowest BCUT2D eigenvalue weighted by molar-refractivity contribution is -0.123. The van der Waals surface area contributed by atoms with Crippen molar-refractivity contribution >= 4 is 23.7 Å². The molecule has 1 N–H and O–H groups in total. The smallest absolute Gasteiger partial charge is 0.277 e. The van der Waals surface area contributed by atoms with Gasteiger partial charge in [0, 0.05) is 5.56 Å². The molecule has 0 bridgehead atoms. The average molecular weight is 363 g/mol. The van der Waals surface area contributed by atoms with Crippen molar-refractivity contribution in [3.05, 3.63) is 64.4 Å². The van der Waals surface area contributed by atoms with Gasteiger partial charge in [0.25, 0.3) is 5.91 Å². The van der Waals surface area contributed by atoms with Crippen LogP contribution in [0.5, 0.6) is 5.75 Å². The molecule has 0 aromatic heterocycles. The van der Waals surface area contributed by atoms with E-state index in [-0.39, 0.29) is 22.6 Å². The number of hydrogen-bond acceptors (Lipinski definition) is 3. The van der Waals surface area contributed by atoms with Crippen LogP contribution in [0.3, 0.4) is 0 Å². The Kier molecular flexibility index (Phi) is 6.15. The first-order chi connectivity index (χ1) is 11.8. The van der Waals surface area contributed by atoms with E-state index in [1.165, 1.54) is 23.8 Å². The third kappa shape index (κ3) is 5.57. The molecule has 0 spiro atoms. The summed E-state index contributed by atoms with van der Waals surface area (Å²) < 4.78 is 18.9. The van der Waals surface area contributed by atoms with Crippen LogP contribution in [0.4, 0.5) is 4.39 Å². The van der Waals surface area contributed by atoms with Crippen molar-refractivity contribution in [2.45, 2.75) is 26.2 Å². The Labute approximate surface area is 151 Å². The molecule has 1 amide bonds. The maximum atomic E-state index is 13.5. The van der Waals surface area contributed by atoms with Gasteiger partial charge in [-0.3, -0.25) is 4.79 Å². The van der Waals surface area contributed by atoms with Crippen molar-refractivity contribution < 1.29 is 13.9 Å². The predicted octanol–water partition coefficient (Wildman–Crippen LogP) is 4.31. The van der Waals surface area contributed by atoms with Crippen LogP contribution in [-0.2, 0) is 10.2 Å². The SMILES string of the molecule is CC(C)(C)c1ccc(OCC(=O)NN=Cc2c(F)cccc2Cl)cc1. The summed E-state index contributed by atoms with van der Waals surface area (Å²) >= 11 is 5.86. The molecule has 0 fully saturated rings. The zero-order chi connectivity index (χ0) is 18.4. The van der Waals surface area contributed by atoms with Crippen LogP contribution in [0.15, 0.2) is 47.6 Å². The van der Waals surface area contributed by atoms with Crippen LogP contribution in [0, 0.1) is 5.82 Å². The Morgan fingerprint density at radius 1 is 1.24 bits per heavy atom. The molecule has 132 valence electrons. The molecule has 0 radical (unpaired) electrons. The highest BCUT2D eigenvalue weighted by atomic mass is 35.5. The van der Waals surface area contributed by atoms with Gasteiger partial charge in [-0.15, -0.1) is 0 Å². The molecule has 4 nitrogen and oxygen atoms in total. The molecule has 0 aliphatic heterocycles. The Morgan fingerprint density at radius 3 is 2.52 bits per heavy atom. The second-order valence-electron chi connectivity index (χ2n) is 6.49. The molecular weight excluding hydrogens is 343 g/mol. The van der Waals surface area contributed by atoms with E-state index in [0.717, 1.165) is 6.21 Å². The summed E-state index contributed by atoms with van der Waals surface area (Å²) in [6.45, 7) is 6.17. The van der Waals surface area contributed by atoms with Crippen LogP contribution in [0.25, 0.3) is 0 Å². The number of carbonyl (C=O) groups excluding carboxylic acids is 1. The quantitative estimate of drug-likeness (QED) is 0.636. The second-order valence-corrected chi connectivity index (χ2v) is 6.90. The molecule has 2 rings (SSSR count). The van der Waals surface area contributed by atoms with Crippen LogP contribution < -0.4 is 10.2 Å². The van der Waals surface area contributed by atoms with E-state index in [9.17, 15) is 9.18 Å². The van der Waals surface area contributed by atoms with Gasteiger partial charge in [-0.1, -0.05) is 50.6 Å². The summed E-state index contributed by atoms with van der Waals surface area (Å²) in [5.74, 6) is -0.381. The highest BCUT2D eigenvalue weighted by molar-refractivity contribution is 6.33. The molecule has 2 aromatic carbocycles. The van der Waals surface area contributed by atoms with Crippen molar-refractivity contribution in [1.82, 2.24) is 5.43 Å². The molecule has 0 aliphatic rings. The summed E-state index contributed by atoms with van der Waals surface area (Å²) in [7, 11) is 0. The van der Waals surface area contributed by atoms with Crippen molar-refractivity contribution in [2.24, 2.45) is 5.10 Å². The highest BCUT2D eigenvalue weighted by Crippen LogP contribution is 2.24. The van der Waals surface area contributed by atoms with Gasteiger partial charge < -0.3 is 4.74 Å². The van der Waals surface area contributed by atoms with E-state index < -0.39 is 11.7 Å². The standard InChI is InChI=1S/C19H20ClFN2O2/c1-19(2,3)13-7-9-14(10-8-13)25-12-18(24)23-22-11-15-16(20)5-4-6-17(15)21/h4-11H,12H2,1-3H3,(H,23,24). The minimum atomic E-state index is -0.513. The maximum absolute atomic E-state index is 13.5. The van der Waals surface area contributed by atoms with Crippen molar-refractivity contribution in [2.75, 3.05) is 6.61 Å². The molecule has 0 aliphatic carbocycles. The number of nitrogens with zero attached hydrogens (tertiary/aromatic N) is 1. The van der Waals surface area contributed by atoms with E-state index in [1.807, 2.05) is 24.3 Å². The highest BCUT2D eigenvalue weighted by Gasteiger charge is 2.13. The number of amides is 1. The lowest BCUT2D eigenvalue weighted by Gasteiger charge is -2.19. The van der Waals surface area contributed by atoms with Gasteiger partial charge in [0.15, 0.2) is 6.61 Å². The van der Waals surface area contributed by atoms with Crippen LogP contribution in [0.2, 0.25) is 5.02 Å². The van der Waals surface area contributed by atoms with Gasteiger partial charge in [-0.05, 0) is 35.2 Å². The van der Waals surface area contributed by atoms with Gasteiger partial charge in [-0.25, -0.2) is 9.82 Å². The zero-order valence-electron chi connectivity index (χ0n) is 14.3. The van der Waals surface area contributed by atoms with Gasteiger partial charge in [0.1, 0.15) is 11.6 Å². The molecule has 0 saturated heterocycles. The first-order valence-corrected chi connectivity index (χ1v) is 8.14. The van der Waals surface area contributed by atoms with Gasteiger partial charge >= 0.3 is 0 Å². The average Bonchev–Trinajstić information content (AvgIpc) is 2.55. The normalized spacial score (nSPS) is 11.6. The van der Waals surface area contributed by atoms with Gasteiger partial charge in [0.2, 0.25) is 0 Å². The fourth-order valence-electron chi connectivity index (χ4n) is 2.04. The molecule has 0 unspecified atom stereocenters. The van der Waals surface area contributed by atoms with E-state index in [2.05, 4.69) is 31.3 Å². The predicted molar refractivity (Wildman–Crippen MR) is 97.8 cm³/mol. The summed E-state index contributed by atoms with van der Waals surface area (Å²) in [6, 6.07) is 11.9. The number of ether oxygens (including phenoxy) is 1. The molecule has 6 heteroatoms. The van der Waals surface area contributed by atoms with Crippen LogP contribution in [-0.4, -0.2) is 18.7 Å². The van der Waals surface area contributed by atoms with Gasteiger partial charge in [-0.2, -0.15) is 5.10 Å². The Bertz CT molecular complexity index is 748. The summed E-state index contributed by atoms with van der Waals surface area (Å²) in [5, 5.41) is 3.91. The number of benzene rings is 2. The fraction of sp³-hybridized carbons (Fsp3) is 0.263. The second kappa shape index (κ2) is 8.12. The lowest BCUT2D eigenvalue weighted by atomic mass is 9.87. The van der Waals surface area contributed by atoms with Gasteiger partial charge in [0.05, 0.1) is 11.2 Å². The van der Waals surface area contributed by atoms with Crippen molar-refractivity contribution in [3.8, 4) is 5.75 Å². The van der Waals surface area contributed by atoms with Crippen molar-refractivity contribution in [1.29, 1.82) is 0 Å². The van der Waals surface area contributed by atoms with E-state index in [0.29, 0.717) is 5.75 Å².